The molecular weight excluding hydrogens is 242 g/mol. The molecule has 1 N–H and O–H groups in total. The third-order valence-electron chi connectivity index (χ3n) is 3.08. The molecule has 3 aromatic rings. The smallest absolute Gasteiger partial charge is 0.0795 e. The molecular formula is C14H15N3S. The van der Waals surface area contributed by atoms with Crippen LogP contribution in [0.1, 0.15) is 11.3 Å². The Morgan fingerprint density at radius 3 is 3.00 bits per heavy atom. The number of para-hydroxylation sites is 1. The van der Waals surface area contributed by atoms with Crippen molar-refractivity contribution in [2.24, 2.45) is 7.05 Å². The van der Waals surface area contributed by atoms with E-state index in [1.807, 2.05) is 5.51 Å². The number of rotatable bonds is 4. The van der Waals surface area contributed by atoms with E-state index in [0.29, 0.717) is 0 Å². The summed E-state index contributed by atoms with van der Waals surface area (Å²) in [5.41, 5.74) is 5.60. The second-order valence-corrected chi connectivity index (χ2v) is 5.08. The molecule has 4 heteroatoms. The SMILES string of the molecule is Cn1cc(CNCc2cscn2)c2ccccc21. The summed E-state index contributed by atoms with van der Waals surface area (Å²) in [6.07, 6.45) is 2.19. The predicted octanol–water partition coefficient (Wildman–Crippen LogP) is 2.92. The summed E-state index contributed by atoms with van der Waals surface area (Å²) in [6.45, 7) is 1.70. The van der Waals surface area contributed by atoms with Gasteiger partial charge < -0.3 is 9.88 Å². The predicted molar refractivity (Wildman–Crippen MR) is 75.6 cm³/mol. The summed E-state index contributed by atoms with van der Waals surface area (Å²) in [7, 11) is 2.09. The Morgan fingerprint density at radius 2 is 2.17 bits per heavy atom. The van der Waals surface area contributed by atoms with Crippen LogP contribution in [-0.4, -0.2) is 9.55 Å². The van der Waals surface area contributed by atoms with Gasteiger partial charge in [-0.3, -0.25) is 0 Å². The van der Waals surface area contributed by atoms with Crippen molar-refractivity contribution in [3.63, 3.8) is 0 Å². The van der Waals surface area contributed by atoms with Crippen molar-refractivity contribution in [1.82, 2.24) is 14.9 Å². The normalized spacial score (nSPS) is 11.2. The molecule has 2 aromatic heterocycles. The van der Waals surface area contributed by atoms with Gasteiger partial charge in [0, 0.05) is 42.6 Å². The van der Waals surface area contributed by atoms with Gasteiger partial charge in [0.25, 0.3) is 0 Å². The summed E-state index contributed by atoms with van der Waals surface area (Å²) in [4.78, 5) is 4.27. The van der Waals surface area contributed by atoms with Gasteiger partial charge in [0.05, 0.1) is 11.2 Å². The molecule has 0 aliphatic rings. The Kier molecular flexibility index (Phi) is 3.13. The van der Waals surface area contributed by atoms with Gasteiger partial charge in [-0.15, -0.1) is 11.3 Å². The third kappa shape index (κ3) is 2.17. The quantitative estimate of drug-likeness (QED) is 0.779. The minimum atomic E-state index is 0.826. The van der Waals surface area contributed by atoms with E-state index in [0.717, 1.165) is 18.8 Å². The van der Waals surface area contributed by atoms with Gasteiger partial charge in [0.2, 0.25) is 0 Å². The molecule has 3 nitrogen and oxygen atoms in total. The van der Waals surface area contributed by atoms with Crippen LogP contribution in [0.15, 0.2) is 41.4 Å². The van der Waals surface area contributed by atoms with Gasteiger partial charge in [0.15, 0.2) is 0 Å². The summed E-state index contributed by atoms with van der Waals surface area (Å²) in [5.74, 6) is 0. The molecule has 3 rings (SSSR count). The highest BCUT2D eigenvalue weighted by Crippen LogP contribution is 2.20. The molecule has 0 fully saturated rings. The maximum Gasteiger partial charge on any atom is 0.0795 e. The number of aromatic nitrogens is 2. The fourth-order valence-corrected chi connectivity index (χ4v) is 2.77. The lowest BCUT2D eigenvalue weighted by Crippen LogP contribution is -2.12. The maximum absolute atomic E-state index is 4.27. The zero-order valence-corrected chi connectivity index (χ0v) is 11.1. The van der Waals surface area contributed by atoms with Crippen molar-refractivity contribution in [3.05, 3.63) is 52.6 Å². The molecule has 0 aliphatic heterocycles. The second kappa shape index (κ2) is 4.92. The van der Waals surface area contributed by atoms with Crippen LogP contribution in [0.2, 0.25) is 0 Å². The number of benzene rings is 1. The van der Waals surface area contributed by atoms with Gasteiger partial charge in [-0.25, -0.2) is 4.98 Å². The highest BCUT2D eigenvalue weighted by Gasteiger charge is 2.05. The van der Waals surface area contributed by atoms with E-state index >= 15 is 0 Å². The van der Waals surface area contributed by atoms with Gasteiger partial charge in [-0.1, -0.05) is 18.2 Å². The molecule has 0 radical (unpaired) electrons. The van der Waals surface area contributed by atoms with Crippen LogP contribution in [0.25, 0.3) is 10.9 Å². The Balaban J connectivity index is 1.75. The molecule has 1 aromatic carbocycles. The Labute approximate surface area is 110 Å². The van der Waals surface area contributed by atoms with E-state index in [-0.39, 0.29) is 0 Å². The number of nitrogens with one attached hydrogen (secondary N) is 1. The van der Waals surface area contributed by atoms with E-state index in [1.54, 1.807) is 11.3 Å². The largest absolute Gasteiger partial charge is 0.350 e. The first-order valence-corrected chi connectivity index (χ1v) is 6.89. The highest BCUT2D eigenvalue weighted by atomic mass is 32.1. The van der Waals surface area contributed by atoms with E-state index in [4.69, 9.17) is 0 Å². The third-order valence-corrected chi connectivity index (χ3v) is 3.72. The van der Waals surface area contributed by atoms with Crippen LogP contribution in [0.5, 0.6) is 0 Å². The highest BCUT2D eigenvalue weighted by molar-refractivity contribution is 7.07. The van der Waals surface area contributed by atoms with Gasteiger partial charge in [0.1, 0.15) is 0 Å². The van der Waals surface area contributed by atoms with Crippen molar-refractivity contribution >= 4 is 22.2 Å². The minimum absolute atomic E-state index is 0.826. The van der Waals surface area contributed by atoms with Gasteiger partial charge >= 0.3 is 0 Å². The summed E-state index contributed by atoms with van der Waals surface area (Å²) >= 11 is 1.64. The number of hydrogen-bond donors (Lipinski definition) is 1. The lowest BCUT2D eigenvalue weighted by Gasteiger charge is -2.01. The fourth-order valence-electron chi connectivity index (χ4n) is 2.22. The van der Waals surface area contributed by atoms with Crippen LogP contribution < -0.4 is 5.32 Å². The number of thiazole rings is 1. The summed E-state index contributed by atoms with van der Waals surface area (Å²) in [6, 6.07) is 8.50. The van der Waals surface area contributed by atoms with E-state index in [9.17, 15) is 0 Å². The first-order chi connectivity index (χ1) is 8.84. The number of aryl methyl sites for hydroxylation is 1. The molecule has 0 atom stereocenters. The first kappa shape index (κ1) is 11.4. The minimum Gasteiger partial charge on any atom is -0.350 e. The van der Waals surface area contributed by atoms with Crippen molar-refractivity contribution in [2.75, 3.05) is 0 Å². The van der Waals surface area contributed by atoms with Crippen molar-refractivity contribution in [1.29, 1.82) is 0 Å². The second-order valence-electron chi connectivity index (χ2n) is 4.37. The average Bonchev–Trinajstić information content (AvgIpc) is 3.00. The standard InChI is InChI=1S/C14H15N3S/c1-17-8-11(13-4-2-3-5-14(13)17)6-15-7-12-9-18-10-16-12/h2-5,8-10,15H,6-7H2,1H3. The molecule has 0 bridgehead atoms. The molecule has 0 spiro atoms. The zero-order valence-electron chi connectivity index (χ0n) is 10.3. The molecule has 0 aliphatic carbocycles. The Morgan fingerprint density at radius 1 is 1.28 bits per heavy atom. The first-order valence-electron chi connectivity index (χ1n) is 5.95. The zero-order chi connectivity index (χ0) is 12.4. The van der Waals surface area contributed by atoms with Gasteiger partial charge in [-0.05, 0) is 11.6 Å². The van der Waals surface area contributed by atoms with Crippen LogP contribution in [-0.2, 0) is 20.1 Å². The Bertz CT molecular complexity index is 640. The average molecular weight is 257 g/mol. The van der Waals surface area contributed by atoms with Crippen LogP contribution >= 0.6 is 11.3 Å². The lowest BCUT2D eigenvalue weighted by molar-refractivity contribution is 0.684. The van der Waals surface area contributed by atoms with Crippen LogP contribution in [0.3, 0.4) is 0 Å². The van der Waals surface area contributed by atoms with Crippen LogP contribution in [0, 0.1) is 0 Å². The van der Waals surface area contributed by atoms with Crippen LogP contribution in [0.4, 0.5) is 0 Å². The van der Waals surface area contributed by atoms with E-state index < -0.39 is 0 Å². The fraction of sp³-hybridized carbons (Fsp3) is 0.214. The maximum atomic E-state index is 4.27. The van der Waals surface area contributed by atoms with Crippen molar-refractivity contribution in [2.45, 2.75) is 13.1 Å². The molecule has 0 unspecified atom stereocenters. The van der Waals surface area contributed by atoms with Gasteiger partial charge in [-0.2, -0.15) is 0 Å². The molecule has 18 heavy (non-hydrogen) atoms. The summed E-state index contributed by atoms with van der Waals surface area (Å²) in [5, 5.41) is 6.84. The molecule has 0 saturated carbocycles. The number of nitrogens with zero attached hydrogens (tertiary/aromatic N) is 2. The monoisotopic (exact) mass is 257 g/mol. The molecule has 0 saturated heterocycles. The topological polar surface area (TPSA) is 29.9 Å². The molecule has 2 heterocycles. The Hall–Kier alpha value is -1.65. The number of hydrogen-bond acceptors (Lipinski definition) is 3. The van der Waals surface area contributed by atoms with E-state index in [2.05, 4.69) is 57.8 Å². The molecule has 0 amide bonds. The number of fused-ring (bicyclic) bond motifs is 1. The summed E-state index contributed by atoms with van der Waals surface area (Å²) < 4.78 is 2.18. The van der Waals surface area contributed by atoms with E-state index in [1.165, 1.54) is 16.5 Å². The van der Waals surface area contributed by atoms with Crippen molar-refractivity contribution < 1.29 is 0 Å². The molecule has 92 valence electrons. The van der Waals surface area contributed by atoms with Crippen molar-refractivity contribution in [3.8, 4) is 0 Å². The lowest BCUT2D eigenvalue weighted by atomic mass is 10.2.